The SMILES string of the molecule is NC1CCSS(=O)C1. The van der Waals surface area contributed by atoms with Crippen LogP contribution in [0.1, 0.15) is 6.42 Å². The molecule has 0 bridgehead atoms. The van der Waals surface area contributed by atoms with Gasteiger partial charge < -0.3 is 5.73 Å². The van der Waals surface area contributed by atoms with Crippen molar-refractivity contribution < 1.29 is 4.21 Å². The maximum absolute atomic E-state index is 10.7. The highest BCUT2D eigenvalue weighted by atomic mass is 33.1. The summed E-state index contributed by atoms with van der Waals surface area (Å²) in [5.41, 5.74) is 5.52. The summed E-state index contributed by atoms with van der Waals surface area (Å²) in [5, 5.41) is 0. The van der Waals surface area contributed by atoms with Crippen LogP contribution in [0.25, 0.3) is 0 Å². The Balaban J connectivity index is 2.34. The van der Waals surface area contributed by atoms with E-state index in [1.165, 1.54) is 10.8 Å². The molecule has 0 radical (unpaired) electrons. The van der Waals surface area contributed by atoms with Crippen molar-refractivity contribution in [3.8, 4) is 0 Å². The minimum absolute atomic E-state index is 0.192. The second kappa shape index (κ2) is 2.85. The van der Waals surface area contributed by atoms with Gasteiger partial charge in [0.05, 0.1) is 9.83 Å². The van der Waals surface area contributed by atoms with Gasteiger partial charge in [-0.3, -0.25) is 0 Å². The van der Waals surface area contributed by atoms with Crippen LogP contribution in [-0.4, -0.2) is 21.8 Å². The van der Waals surface area contributed by atoms with Crippen LogP contribution in [-0.2, 0) is 9.83 Å². The maximum Gasteiger partial charge on any atom is 0.0819 e. The Labute approximate surface area is 55.1 Å². The standard InChI is InChI=1S/C4H9NOS2/c5-4-1-2-7-8(6)3-4/h4H,1-3,5H2. The molecule has 0 amide bonds. The normalized spacial score (nSPS) is 39.6. The van der Waals surface area contributed by atoms with E-state index in [1.54, 1.807) is 0 Å². The van der Waals surface area contributed by atoms with Crippen molar-refractivity contribution >= 4 is 20.6 Å². The molecule has 1 rings (SSSR count). The number of hydrogen-bond acceptors (Lipinski definition) is 3. The van der Waals surface area contributed by atoms with Crippen molar-refractivity contribution in [2.24, 2.45) is 5.73 Å². The third-order valence-corrected chi connectivity index (χ3v) is 4.12. The summed E-state index contributed by atoms with van der Waals surface area (Å²) in [7, 11) is 0.835. The van der Waals surface area contributed by atoms with Crippen LogP contribution in [0.15, 0.2) is 0 Å². The molecule has 1 heterocycles. The molecule has 1 fully saturated rings. The van der Waals surface area contributed by atoms with Gasteiger partial charge >= 0.3 is 0 Å². The van der Waals surface area contributed by atoms with Gasteiger partial charge in [-0.25, -0.2) is 4.21 Å². The fraction of sp³-hybridized carbons (Fsp3) is 1.00. The molecule has 8 heavy (non-hydrogen) atoms. The van der Waals surface area contributed by atoms with Gasteiger partial charge in [0.1, 0.15) is 0 Å². The van der Waals surface area contributed by atoms with Gasteiger partial charge in [0.15, 0.2) is 0 Å². The Morgan fingerprint density at radius 3 is 2.88 bits per heavy atom. The van der Waals surface area contributed by atoms with Crippen LogP contribution < -0.4 is 5.73 Å². The Kier molecular flexibility index (Phi) is 2.34. The second-order valence-electron chi connectivity index (χ2n) is 1.84. The average Bonchev–Trinajstić information content (AvgIpc) is 1.64. The quantitative estimate of drug-likeness (QED) is 0.500. The highest BCUT2D eigenvalue weighted by molar-refractivity contribution is 8.69. The molecule has 2 atom stereocenters. The molecule has 2 nitrogen and oxygen atoms in total. The van der Waals surface area contributed by atoms with Gasteiger partial charge in [-0.1, -0.05) is 10.8 Å². The van der Waals surface area contributed by atoms with Crippen LogP contribution in [0, 0.1) is 0 Å². The Hall–Kier alpha value is 0.460. The molecule has 0 aliphatic carbocycles. The Morgan fingerprint density at radius 2 is 2.50 bits per heavy atom. The van der Waals surface area contributed by atoms with Gasteiger partial charge in [0.25, 0.3) is 0 Å². The first-order valence-electron chi connectivity index (χ1n) is 2.56. The monoisotopic (exact) mass is 151 g/mol. The van der Waals surface area contributed by atoms with Crippen LogP contribution >= 0.6 is 10.8 Å². The van der Waals surface area contributed by atoms with Crippen molar-refractivity contribution in [1.82, 2.24) is 0 Å². The molecule has 0 spiro atoms. The molecule has 0 saturated carbocycles. The van der Waals surface area contributed by atoms with E-state index in [1.807, 2.05) is 0 Å². The summed E-state index contributed by atoms with van der Waals surface area (Å²) in [6.07, 6.45) is 1.02. The number of hydrogen-bond donors (Lipinski definition) is 1. The van der Waals surface area contributed by atoms with E-state index in [0.717, 1.165) is 12.2 Å². The first-order chi connectivity index (χ1) is 3.79. The third kappa shape index (κ3) is 1.76. The highest BCUT2D eigenvalue weighted by Crippen LogP contribution is 2.16. The van der Waals surface area contributed by atoms with E-state index in [9.17, 15) is 4.21 Å². The van der Waals surface area contributed by atoms with E-state index in [0.29, 0.717) is 5.75 Å². The highest BCUT2D eigenvalue weighted by Gasteiger charge is 2.14. The first kappa shape index (κ1) is 6.58. The first-order valence-corrected chi connectivity index (χ1v) is 5.38. The molecule has 0 aromatic heterocycles. The molecule has 1 saturated heterocycles. The molecular formula is C4H9NOS2. The lowest BCUT2D eigenvalue weighted by molar-refractivity contribution is 0.669. The van der Waals surface area contributed by atoms with Gasteiger partial charge in [-0.15, -0.1) is 0 Å². The lowest BCUT2D eigenvalue weighted by Gasteiger charge is -2.14. The summed E-state index contributed by atoms with van der Waals surface area (Å²) >= 11 is 0. The van der Waals surface area contributed by atoms with E-state index in [2.05, 4.69) is 0 Å². The zero-order chi connectivity index (χ0) is 5.98. The molecule has 1 aliphatic heterocycles. The topological polar surface area (TPSA) is 43.1 Å². The molecular weight excluding hydrogens is 142 g/mol. The molecule has 2 N–H and O–H groups in total. The molecule has 1 aliphatic rings. The zero-order valence-electron chi connectivity index (χ0n) is 4.50. The minimum Gasteiger partial charge on any atom is -0.327 e. The Morgan fingerprint density at radius 1 is 1.75 bits per heavy atom. The van der Waals surface area contributed by atoms with E-state index >= 15 is 0 Å². The summed E-state index contributed by atoms with van der Waals surface area (Å²) in [5.74, 6) is 1.65. The van der Waals surface area contributed by atoms with Crippen LogP contribution in [0.5, 0.6) is 0 Å². The fourth-order valence-electron chi connectivity index (χ4n) is 0.599. The molecule has 2 unspecified atom stereocenters. The summed E-state index contributed by atoms with van der Waals surface area (Å²) in [6, 6.07) is 0.192. The molecule has 0 aromatic carbocycles. The van der Waals surface area contributed by atoms with Crippen LogP contribution in [0.3, 0.4) is 0 Å². The van der Waals surface area contributed by atoms with Crippen molar-refractivity contribution in [2.45, 2.75) is 12.5 Å². The molecule has 48 valence electrons. The summed E-state index contributed by atoms with van der Waals surface area (Å²) in [4.78, 5) is 0. The summed E-state index contributed by atoms with van der Waals surface area (Å²) < 4.78 is 10.7. The van der Waals surface area contributed by atoms with Crippen molar-refractivity contribution in [3.05, 3.63) is 0 Å². The maximum atomic E-state index is 10.7. The second-order valence-corrected chi connectivity index (χ2v) is 5.25. The van der Waals surface area contributed by atoms with Crippen LogP contribution in [0.2, 0.25) is 0 Å². The van der Waals surface area contributed by atoms with E-state index in [4.69, 9.17) is 5.73 Å². The third-order valence-electron chi connectivity index (χ3n) is 1.05. The van der Waals surface area contributed by atoms with Crippen LogP contribution in [0.4, 0.5) is 0 Å². The lowest BCUT2D eigenvalue weighted by Crippen LogP contribution is -2.30. The number of rotatable bonds is 0. The lowest BCUT2D eigenvalue weighted by atomic mass is 10.3. The van der Waals surface area contributed by atoms with Gasteiger partial charge in [-0.05, 0) is 6.42 Å². The average molecular weight is 151 g/mol. The largest absolute Gasteiger partial charge is 0.327 e. The fourth-order valence-corrected chi connectivity index (χ4v) is 3.46. The minimum atomic E-state index is -0.679. The predicted octanol–water partition coefficient (Wildman–Crippen LogP) is 0.114. The van der Waals surface area contributed by atoms with Crippen molar-refractivity contribution in [1.29, 1.82) is 0 Å². The molecule has 4 heteroatoms. The number of nitrogens with two attached hydrogens (primary N) is 1. The predicted molar refractivity (Wildman–Crippen MR) is 38.1 cm³/mol. The Bertz CT molecular complexity index is 106. The molecule has 0 aromatic rings. The van der Waals surface area contributed by atoms with Crippen molar-refractivity contribution in [3.63, 3.8) is 0 Å². The van der Waals surface area contributed by atoms with Gasteiger partial charge in [0.2, 0.25) is 0 Å². The summed E-state index contributed by atoms with van der Waals surface area (Å²) in [6.45, 7) is 0. The smallest absolute Gasteiger partial charge is 0.0819 e. The zero-order valence-corrected chi connectivity index (χ0v) is 6.13. The van der Waals surface area contributed by atoms with E-state index < -0.39 is 9.83 Å². The van der Waals surface area contributed by atoms with Gasteiger partial charge in [0, 0.05) is 17.5 Å². The van der Waals surface area contributed by atoms with Crippen molar-refractivity contribution in [2.75, 3.05) is 11.5 Å². The van der Waals surface area contributed by atoms with E-state index in [-0.39, 0.29) is 6.04 Å². The van der Waals surface area contributed by atoms with Gasteiger partial charge in [-0.2, -0.15) is 0 Å².